The second-order valence-corrected chi connectivity index (χ2v) is 4.37. The molecule has 1 amide bonds. The number of carbonyl (C=O) groups is 1. The predicted octanol–water partition coefficient (Wildman–Crippen LogP) is 1.83. The first-order valence-electron chi connectivity index (χ1n) is 6.29. The molecule has 4 nitrogen and oxygen atoms in total. The van der Waals surface area contributed by atoms with Crippen molar-refractivity contribution in [1.29, 1.82) is 0 Å². The molecule has 2 rings (SSSR count). The van der Waals surface area contributed by atoms with Crippen molar-refractivity contribution in [2.75, 3.05) is 6.54 Å². The van der Waals surface area contributed by atoms with Crippen LogP contribution in [-0.2, 0) is 6.54 Å². The molecule has 1 aromatic carbocycles. The smallest absolute Gasteiger partial charge is 0.252 e. The van der Waals surface area contributed by atoms with Crippen molar-refractivity contribution in [3.8, 4) is 11.8 Å². The third-order valence-corrected chi connectivity index (χ3v) is 2.78. The second-order valence-electron chi connectivity index (χ2n) is 4.37. The largest absolute Gasteiger partial charge is 0.472 e. The lowest BCUT2D eigenvalue weighted by Crippen LogP contribution is -2.23. The van der Waals surface area contributed by atoms with E-state index in [1.54, 1.807) is 18.6 Å². The van der Waals surface area contributed by atoms with Crippen molar-refractivity contribution in [3.05, 3.63) is 59.0 Å². The molecule has 0 saturated heterocycles. The maximum absolute atomic E-state index is 12.2. The first-order valence-corrected chi connectivity index (χ1v) is 6.29. The number of hydrogen-bond acceptors (Lipinski definition) is 3. The van der Waals surface area contributed by atoms with E-state index in [9.17, 15) is 4.79 Å². The topological polar surface area (TPSA) is 68.3 Å². The molecule has 0 aliphatic heterocycles. The highest BCUT2D eigenvalue weighted by atomic mass is 16.3. The van der Waals surface area contributed by atoms with Crippen LogP contribution in [0.25, 0.3) is 0 Å². The maximum Gasteiger partial charge on any atom is 0.252 e. The summed E-state index contributed by atoms with van der Waals surface area (Å²) in [5.74, 6) is 5.55. The minimum absolute atomic E-state index is 0.160. The van der Waals surface area contributed by atoms with Crippen LogP contribution < -0.4 is 11.1 Å². The van der Waals surface area contributed by atoms with Crippen LogP contribution in [0.4, 0.5) is 0 Å². The van der Waals surface area contributed by atoms with Gasteiger partial charge in [-0.1, -0.05) is 17.9 Å². The fraction of sp³-hybridized carbons (Fsp3) is 0.188. The molecule has 1 aromatic heterocycles. The Balaban J connectivity index is 2.16. The highest BCUT2D eigenvalue weighted by Gasteiger charge is 2.10. The molecule has 102 valence electrons. The number of amides is 1. The highest BCUT2D eigenvalue weighted by Crippen LogP contribution is 2.11. The number of carbonyl (C=O) groups excluding carboxylic acids is 1. The summed E-state index contributed by atoms with van der Waals surface area (Å²) < 4.78 is 4.96. The van der Waals surface area contributed by atoms with Gasteiger partial charge in [0.05, 0.1) is 24.6 Å². The van der Waals surface area contributed by atoms with Gasteiger partial charge in [-0.15, -0.1) is 0 Å². The first kappa shape index (κ1) is 13.9. The molecule has 0 atom stereocenters. The average Bonchev–Trinajstić information content (AvgIpc) is 2.96. The zero-order valence-corrected chi connectivity index (χ0v) is 11.3. The molecule has 0 fully saturated rings. The Kier molecular flexibility index (Phi) is 4.59. The van der Waals surface area contributed by atoms with E-state index in [4.69, 9.17) is 10.2 Å². The standard InChI is InChI=1S/C16H16N2O2/c1-12-4-5-15(14(9-12)3-2-7-17)16(19)18-10-13-6-8-20-11-13/h4-6,8-9,11H,7,10,17H2,1H3,(H,18,19). The number of furan rings is 1. The van der Waals surface area contributed by atoms with Crippen LogP contribution in [0, 0.1) is 18.8 Å². The van der Waals surface area contributed by atoms with Gasteiger partial charge >= 0.3 is 0 Å². The van der Waals surface area contributed by atoms with E-state index in [0.717, 1.165) is 11.1 Å². The van der Waals surface area contributed by atoms with E-state index in [1.807, 2.05) is 25.1 Å². The van der Waals surface area contributed by atoms with Crippen molar-refractivity contribution in [1.82, 2.24) is 5.32 Å². The van der Waals surface area contributed by atoms with Gasteiger partial charge < -0.3 is 15.5 Å². The maximum atomic E-state index is 12.2. The van der Waals surface area contributed by atoms with E-state index in [0.29, 0.717) is 17.7 Å². The van der Waals surface area contributed by atoms with Gasteiger partial charge in [-0.05, 0) is 30.7 Å². The normalized spacial score (nSPS) is 9.70. The fourth-order valence-electron chi connectivity index (χ4n) is 1.78. The van der Waals surface area contributed by atoms with Crippen LogP contribution in [0.5, 0.6) is 0 Å². The Bertz CT molecular complexity index is 649. The van der Waals surface area contributed by atoms with Crippen molar-refractivity contribution in [3.63, 3.8) is 0 Å². The Morgan fingerprint density at radius 1 is 1.40 bits per heavy atom. The van der Waals surface area contributed by atoms with E-state index >= 15 is 0 Å². The van der Waals surface area contributed by atoms with Crippen molar-refractivity contribution < 1.29 is 9.21 Å². The van der Waals surface area contributed by atoms with Crippen LogP contribution in [-0.4, -0.2) is 12.5 Å². The van der Waals surface area contributed by atoms with Crippen molar-refractivity contribution in [2.45, 2.75) is 13.5 Å². The molecule has 4 heteroatoms. The van der Waals surface area contributed by atoms with Gasteiger partial charge in [0.25, 0.3) is 5.91 Å². The van der Waals surface area contributed by atoms with E-state index < -0.39 is 0 Å². The molecule has 20 heavy (non-hydrogen) atoms. The average molecular weight is 268 g/mol. The molecular weight excluding hydrogens is 252 g/mol. The molecule has 3 N–H and O–H groups in total. The van der Waals surface area contributed by atoms with Crippen LogP contribution in [0.15, 0.2) is 41.2 Å². The molecule has 0 radical (unpaired) electrons. The summed E-state index contributed by atoms with van der Waals surface area (Å²) in [6.07, 6.45) is 3.18. The van der Waals surface area contributed by atoms with Gasteiger partial charge in [0.15, 0.2) is 0 Å². The van der Waals surface area contributed by atoms with Crippen molar-refractivity contribution >= 4 is 5.91 Å². The summed E-state index contributed by atoms with van der Waals surface area (Å²) in [5, 5.41) is 2.84. The van der Waals surface area contributed by atoms with Crippen LogP contribution in [0.1, 0.15) is 27.0 Å². The molecular formula is C16H16N2O2. The lowest BCUT2D eigenvalue weighted by molar-refractivity contribution is 0.0950. The predicted molar refractivity (Wildman–Crippen MR) is 77.0 cm³/mol. The molecule has 0 aliphatic rings. The van der Waals surface area contributed by atoms with Gasteiger partial charge in [0.2, 0.25) is 0 Å². The minimum atomic E-state index is -0.160. The zero-order chi connectivity index (χ0) is 14.4. The van der Waals surface area contributed by atoms with E-state index in [1.165, 1.54) is 0 Å². The SMILES string of the molecule is Cc1ccc(C(=O)NCc2ccoc2)c(C#CCN)c1. The summed E-state index contributed by atoms with van der Waals surface area (Å²) in [5.41, 5.74) is 8.60. The van der Waals surface area contributed by atoms with Crippen molar-refractivity contribution in [2.24, 2.45) is 5.73 Å². The third-order valence-electron chi connectivity index (χ3n) is 2.78. The molecule has 0 spiro atoms. The number of hydrogen-bond donors (Lipinski definition) is 2. The van der Waals surface area contributed by atoms with E-state index in [2.05, 4.69) is 17.2 Å². The first-order chi connectivity index (χ1) is 9.70. The Morgan fingerprint density at radius 3 is 2.95 bits per heavy atom. The quantitative estimate of drug-likeness (QED) is 0.834. The zero-order valence-electron chi connectivity index (χ0n) is 11.3. The summed E-state index contributed by atoms with van der Waals surface area (Å²) in [6.45, 7) is 2.65. The summed E-state index contributed by atoms with van der Waals surface area (Å²) >= 11 is 0. The number of nitrogens with two attached hydrogens (primary N) is 1. The van der Waals surface area contributed by atoms with Crippen LogP contribution in [0.2, 0.25) is 0 Å². The minimum Gasteiger partial charge on any atom is -0.472 e. The molecule has 0 unspecified atom stereocenters. The Hall–Kier alpha value is -2.51. The number of aryl methyl sites for hydroxylation is 1. The highest BCUT2D eigenvalue weighted by molar-refractivity contribution is 5.96. The lowest BCUT2D eigenvalue weighted by atomic mass is 10.0. The molecule has 0 bridgehead atoms. The summed E-state index contributed by atoms with van der Waals surface area (Å²) in [4.78, 5) is 12.2. The lowest BCUT2D eigenvalue weighted by Gasteiger charge is -2.07. The van der Waals surface area contributed by atoms with E-state index in [-0.39, 0.29) is 12.5 Å². The third kappa shape index (κ3) is 3.50. The molecule has 2 aromatic rings. The molecule has 0 saturated carbocycles. The Labute approximate surface area is 118 Å². The Morgan fingerprint density at radius 2 is 2.25 bits per heavy atom. The monoisotopic (exact) mass is 268 g/mol. The molecule has 1 heterocycles. The number of benzene rings is 1. The fourth-order valence-corrected chi connectivity index (χ4v) is 1.78. The second kappa shape index (κ2) is 6.60. The van der Waals surface area contributed by atoms with Gasteiger partial charge in [0.1, 0.15) is 0 Å². The van der Waals surface area contributed by atoms with Gasteiger partial charge in [-0.25, -0.2) is 0 Å². The van der Waals surface area contributed by atoms with Gasteiger partial charge in [-0.3, -0.25) is 4.79 Å². The summed E-state index contributed by atoms with van der Waals surface area (Å²) in [6, 6.07) is 7.36. The number of rotatable bonds is 3. The summed E-state index contributed by atoms with van der Waals surface area (Å²) in [7, 11) is 0. The number of nitrogens with one attached hydrogen (secondary N) is 1. The van der Waals surface area contributed by atoms with Crippen LogP contribution in [0.3, 0.4) is 0 Å². The molecule has 0 aliphatic carbocycles. The van der Waals surface area contributed by atoms with Gasteiger partial charge in [-0.2, -0.15) is 0 Å². The van der Waals surface area contributed by atoms with Gasteiger partial charge in [0, 0.05) is 17.7 Å². The van der Waals surface area contributed by atoms with Crippen LogP contribution >= 0.6 is 0 Å².